The molecule has 0 saturated carbocycles. The number of nitrogens with one attached hydrogen (secondary N) is 1. The van der Waals surface area contributed by atoms with Gasteiger partial charge in [-0.05, 0) is 66.1 Å². The highest BCUT2D eigenvalue weighted by Gasteiger charge is 2.33. The van der Waals surface area contributed by atoms with Crippen LogP contribution in [0.2, 0.25) is 0 Å². The molecule has 0 aromatic heterocycles. The van der Waals surface area contributed by atoms with Gasteiger partial charge in [0, 0.05) is 22.3 Å². The molecule has 3 aromatic rings. The number of carbonyl (C=O) groups excluding carboxylic acids is 1. The predicted octanol–water partition coefficient (Wildman–Crippen LogP) is 5.38. The SMILES string of the molecule is O=C(Nc1ccc(Br)cc1)N1CCCC1c1c(O)ccc2ccc(O)cc12. The molecule has 27 heavy (non-hydrogen) atoms. The Morgan fingerprint density at radius 3 is 2.59 bits per heavy atom. The van der Waals surface area contributed by atoms with Crippen LogP contribution in [0.3, 0.4) is 0 Å². The maximum Gasteiger partial charge on any atom is 0.322 e. The zero-order valence-electron chi connectivity index (χ0n) is 14.5. The van der Waals surface area contributed by atoms with Crippen LogP contribution in [0, 0.1) is 0 Å². The van der Waals surface area contributed by atoms with Crippen molar-refractivity contribution in [3.8, 4) is 11.5 Å². The van der Waals surface area contributed by atoms with Crippen molar-refractivity contribution in [3.63, 3.8) is 0 Å². The van der Waals surface area contributed by atoms with Gasteiger partial charge in [0.15, 0.2) is 0 Å². The minimum atomic E-state index is -0.244. The Morgan fingerprint density at radius 1 is 1.07 bits per heavy atom. The van der Waals surface area contributed by atoms with Gasteiger partial charge in [0.25, 0.3) is 0 Å². The number of hydrogen-bond acceptors (Lipinski definition) is 3. The zero-order valence-corrected chi connectivity index (χ0v) is 16.1. The molecule has 0 radical (unpaired) electrons. The minimum Gasteiger partial charge on any atom is -0.508 e. The van der Waals surface area contributed by atoms with E-state index < -0.39 is 0 Å². The van der Waals surface area contributed by atoms with Crippen LogP contribution in [-0.4, -0.2) is 27.7 Å². The van der Waals surface area contributed by atoms with Gasteiger partial charge >= 0.3 is 6.03 Å². The van der Waals surface area contributed by atoms with Crippen LogP contribution in [0.5, 0.6) is 11.5 Å². The normalized spacial score (nSPS) is 16.6. The zero-order chi connectivity index (χ0) is 19.0. The van der Waals surface area contributed by atoms with Gasteiger partial charge in [0.2, 0.25) is 0 Å². The largest absolute Gasteiger partial charge is 0.508 e. The standard InChI is InChI=1S/C21H19BrN2O3/c22-14-5-7-15(8-6-14)23-21(27)24-11-1-2-18(24)20-17-12-16(25)9-3-13(17)4-10-19(20)26/h3-10,12,18,25-26H,1-2,11H2,(H,23,27). The molecule has 5 nitrogen and oxygen atoms in total. The Kier molecular flexibility index (Phi) is 4.66. The number of anilines is 1. The molecule has 3 aromatic carbocycles. The highest BCUT2D eigenvalue weighted by Crippen LogP contribution is 2.41. The second kappa shape index (κ2) is 7.12. The number of phenols is 2. The van der Waals surface area contributed by atoms with Crippen LogP contribution >= 0.6 is 15.9 Å². The van der Waals surface area contributed by atoms with Gasteiger partial charge in [0.05, 0.1) is 6.04 Å². The van der Waals surface area contributed by atoms with Gasteiger partial charge in [0.1, 0.15) is 11.5 Å². The fraction of sp³-hybridized carbons (Fsp3) is 0.190. The smallest absolute Gasteiger partial charge is 0.322 e. The first-order chi connectivity index (χ1) is 13.0. The maximum atomic E-state index is 12.9. The van der Waals surface area contributed by atoms with Gasteiger partial charge in [-0.2, -0.15) is 0 Å². The van der Waals surface area contributed by atoms with Crippen molar-refractivity contribution in [1.29, 1.82) is 0 Å². The number of rotatable bonds is 2. The second-order valence-electron chi connectivity index (χ2n) is 6.69. The summed E-state index contributed by atoms with van der Waals surface area (Å²) in [6.45, 7) is 0.613. The summed E-state index contributed by atoms with van der Waals surface area (Å²) < 4.78 is 0.944. The molecule has 2 amide bonds. The molecular formula is C21H19BrN2O3. The molecule has 138 valence electrons. The fourth-order valence-electron chi connectivity index (χ4n) is 3.71. The Balaban J connectivity index is 1.68. The van der Waals surface area contributed by atoms with E-state index in [1.165, 1.54) is 0 Å². The number of hydrogen-bond donors (Lipinski definition) is 3. The van der Waals surface area contributed by atoms with Crippen LogP contribution < -0.4 is 5.32 Å². The molecule has 3 N–H and O–H groups in total. The van der Waals surface area contributed by atoms with Crippen LogP contribution in [0.15, 0.2) is 59.1 Å². The monoisotopic (exact) mass is 426 g/mol. The van der Waals surface area contributed by atoms with Crippen LogP contribution in [0.4, 0.5) is 10.5 Å². The van der Waals surface area contributed by atoms with Crippen molar-refractivity contribution < 1.29 is 15.0 Å². The number of carbonyl (C=O) groups is 1. The average Bonchev–Trinajstić information content (AvgIpc) is 3.13. The van der Waals surface area contributed by atoms with E-state index in [0.29, 0.717) is 17.8 Å². The molecule has 1 saturated heterocycles. The third kappa shape index (κ3) is 3.45. The number of amides is 2. The lowest BCUT2D eigenvalue weighted by molar-refractivity contribution is 0.206. The minimum absolute atomic E-state index is 0.137. The molecule has 1 fully saturated rings. The summed E-state index contributed by atoms with van der Waals surface area (Å²) in [6.07, 6.45) is 1.61. The van der Waals surface area contributed by atoms with E-state index in [0.717, 1.165) is 28.1 Å². The number of fused-ring (bicyclic) bond motifs is 1. The number of likely N-dealkylation sites (tertiary alicyclic amines) is 1. The summed E-state index contributed by atoms with van der Waals surface area (Å²) in [5.74, 6) is 0.277. The highest BCUT2D eigenvalue weighted by molar-refractivity contribution is 9.10. The number of halogens is 1. The second-order valence-corrected chi connectivity index (χ2v) is 7.61. The van der Waals surface area contributed by atoms with Crippen LogP contribution in [0.25, 0.3) is 10.8 Å². The number of urea groups is 1. The van der Waals surface area contributed by atoms with Crippen molar-refractivity contribution in [2.75, 3.05) is 11.9 Å². The number of phenolic OH excluding ortho intramolecular Hbond substituents is 2. The van der Waals surface area contributed by atoms with Crippen LogP contribution in [0.1, 0.15) is 24.4 Å². The molecule has 1 aliphatic rings. The topological polar surface area (TPSA) is 72.8 Å². The van der Waals surface area contributed by atoms with E-state index in [1.54, 1.807) is 23.1 Å². The lowest BCUT2D eigenvalue weighted by Crippen LogP contribution is -2.34. The van der Waals surface area contributed by atoms with E-state index in [1.807, 2.05) is 36.4 Å². The molecule has 0 spiro atoms. The highest BCUT2D eigenvalue weighted by atomic mass is 79.9. The van der Waals surface area contributed by atoms with Gasteiger partial charge in [-0.25, -0.2) is 4.79 Å². The molecule has 1 atom stereocenters. The molecule has 1 aliphatic heterocycles. The van der Waals surface area contributed by atoms with Gasteiger partial charge in [-0.1, -0.05) is 28.1 Å². The third-order valence-corrected chi connectivity index (χ3v) is 5.49. The van der Waals surface area contributed by atoms with Crippen molar-refractivity contribution in [3.05, 3.63) is 64.6 Å². The lowest BCUT2D eigenvalue weighted by atomic mass is 9.96. The van der Waals surface area contributed by atoms with Crippen molar-refractivity contribution in [2.24, 2.45) is 0 Å². The summed E-state index contributed by atoms with van der Waals surface area (Å²) in [4.78, 5) is 14.6. The van der Waals surface area contributed by atoms with Crippen molar-refractivity contribution in [1.82, 2.24) is 4.90 Å². The quantitative estimate of drug-likeness (QED) is 0.514. The molecular weight excluding hydrogens is 408 g/mol. The molecule has 6 heteroatoms. The van der Waals surface area contributed by atoms with Gasteiger partial charge in [-0.3, -0.25) is 0 Å². The van der Waals surface area contributed by atoms with Crippen molar-refractivity contribution >= 4 is 38.4 Å². The summed E-state index contributed by atoms with van der Waals surface area (Å²) in [6, 6.07) is 15.5. The van der Waals surface area contributed by atoms with E-state index in [4.69, 9.17) is 0 Å². The number of aromatic hydroxyl groups is 2. The number of nitrogens with zero attached hydrogens (tertiary/aromatic N) is 1. The maximum absolute atomic E-state index is 12.9. The van der Waals surface area contributed by atoms with E-state index >= 15 is 0 Å². The Hall–Kier alpha value is -2.73. The summed E-state index contributed by atoms with van der Waals surface area (Å²) in [5, 5.41) is 25.0. The van der Waals surface area contributed by atoms with Gasteiger partial charge in [-0.15, -0.1) is 0 Å². The summed E-state index contributed by atoms with van der Waals surface area (Å²) in [7, 11) is 0. The third-order valence-electron chi connectivity index (χ3n) is 4.97. The summed E-state index contributed by atoms with van der Waals surface area (Å²) in [5.41, 5.74) is 1.40. The molecule has 4 rings (SSSR count). The van der Waals surface area contributed by atoms with E-state index in [9.17, 15) is 15.0 Å². The predicted molar refractivity (Wildman–Crippen MR) is 109 cm³/mol. The van der Waals surface area contributed by atoms with E-state index in [2.05, 4.69) is 21.2 Å². The fourth-order valence-corrected chi connectivity index (χ4v) is 3.97. The van der Waals surface area contributed by atoms with E-state index in [-0.39, 0.29) is 23.6 Å². The first-order valence-corrected chi connectivity index (χ1v) is 9.60. The Labute approximate surface area is 165 Å². The molecule has 1 unspecified atom stereocenters. The first kappa shape index (κ1) is 17.7. The molecule has 0 aliphatic carbocycles. The first-order valence-electron chi connectivity index (χ1n) is 8.81. The summed E-state index contributed by atoms with van der Waals surface area (Å²) >= 11 is 3.38. The lowest BCUT2D eigenvalue weighted by Gasteiger charge is -2.27. The van der Waals surface area contributed by atoms with Crippen molar-refractivity contribution in [2.45, 2.75) is 18.9 Å². The van der Waals surface area contributed by atoms with Crippen LogP contribution in [-0.2, 0) is 0 Å². The average molecular weight is 427 g/mol. The number of benzene rings is 3. The molecule has 0 bridgehead atoms. The Morgan fingerprint density at radius 2 is 1.81 bits per heavy atom. The Bertz CT molecular complexity index is 999. The van der Waals surface area contributed by atoms with Gasteiger partial charge < -0.3 is 20.4 Å². The molecule has 1 heterocycles.